The molecule has 0 aliphatic heterocycles. The topological polar surface area (TPSA) is 75.7 Å². The smallest absolute Gasteiger partial charge is 0.240 e. The lowest BCUT2D eigenvalue weighted by Crippen LogP contribution is -2.41. The van der Waals surface area contributed by atoms with E-state index in [1.54, 1.807) is 12.1 Å². The molecule has 0 radical (unpaired) electrons. The molecule has 0 fully saturated rings. The molecule has 6 nitrogen and oxygen atoms in total. The summed E-state index contributed by atoms with van der Waals surface area (Å²) < 4.78 is 31.6. The van der Waals surface area contributed by atoms with Crippen LogP contribution in [0.3, 0.4) is 0 Å². The molecule has 0 bridgehead atoms. The first-order valence-electron chi connectivity index (χ1n) is 9.83. The van der Waals surface area contributed by atoms with Crippen molar-refractivity contribution in [2.24, 2.45) is 0 Å². The Hall–Kier alpha value is -3.06. The number of para-hydroxylation sites is 1. The Morgan fingerprint density at radius 3 is 2.47 bits per heavy atom. The van der Waals surface area contributed by atoms with Crippen molar-refractivity contribution in [2.75, 3.05) is 30.3 Å². The van der Waals surface area contributed by atoms with Crippen LogP contribution in [0.4, 0.5) is 5.69 Å². The molecule has 3 aromatic rings. The van der Waals surface area contributed by atoms with Gasteiger partial charge in [0.2, 0.25) is 15.9 Å². The van der Waals surface area contributed by atoms with Crippen LogP contribution in [0.5, 0.6) is 5.75 Å². The molecule has 0 spiro atoms. The molecule has 0 aromatic heterocycles. The third-order valence-corrected chi connectivity index (χ3v) is 5.89. The van der Waals surface area contributed by atoms with E-state index in [1.807, 2.05) is 61.5 Å². The maximum absolute atomic E-state index is 12.4. The van der Waals surface area contributed by atoms with Crippen molar-refractivity contribution in [3.05, 3.63) is 72.3 Å². The lowest BCUT2D eigenvalue weighted by molar-refractivity contribution is -0.119. The molecular weight excluding hydrogens is 400 g/mol. The summed E-state index contributed by atoms with van der Waals surface area (Å²) in [6.07, 6.45) is 1.78. The van der Waals surface area contributed by atoms with Gasteiger partial charge in [-0.1, -0.05) is 61.5 Å². The van der Waals surface area contributed by atoms with Crippen LogP contribution in [0.1, 0.15) is 12.5 Å². The second-order valence-electron chi connectivity index (χ2n) is 6.93. The fourth-order valence-electron chi connectivity index (χ4n) is 3.29. The number of fused-ring (bicyclic) bond motifs is 1. The first-order chi connectivity index (χ1) is 14.4. The predicted octanol–water partition coefficient (Wildman–Crippen LogP) is 3.36. The van der Waals surface area contributed by atoms with Gasteiger partial charge in [-0.15, -0.1) is 0 Å². The van der Waals surface area contributed by atoms with Gasteiger partial charge in [0.15, 0.2) is 0 Å². The maximum Gasteiger partial charge on any atom is 0.240 e. The van der Waals surface area contributed by atoms with E-state index >= 15 is 0 Å². The van der Waals surface area contributed by atoms with Gasteiger partial charge in [0, 0.05) is 5.39 Å². The number of hydrogen-bond donors (Lipinski definition) is 1. The highest BCUT2D eigenvalue weighted by atomic mass is 32.2. The molecular formula is C23H26N2O4S. The first kappa shape index (κ1) is 21.6. The molecule has 0 saturated carbocycles. The van der Waals surface area contributed by atoms with Gasteiger partial charge in [0.25, 0.3) is 0 Å². The summed E-state index contributed by atoms with van der Waals surface area (Å²) in [6, 6.07) is 20.9. The van der Waals surface area contributed by atoms with Gasteiger partial charge >= 0.3 is 0 Å². The monoisotopic (exact) mass is 426 g/mol. The molecule has 1 amide bonds. The third-order valence-electron chi connectivity index (χ3n) is 4.76. The minimum Gasteiger partial charge on any atom is -0.491 e. The van der Waals surface area contributed by atoms with E-state index in [4.69, 9.17) is 4.74 Å². The average molecular weight is 427 g/mol. The van der Waals surface area contributed by atoms with Crippen molar-refractivity contribution < 1.29 is 17.9 Å². The van der Waals surface area contributed by atoms with E-state index in [1.165, 1.54) is 0 Å². The van der Waals surface area contributed by atoms with Crippen LogP contribution < -0.4 is 14.4 Å². The molecule has 0 saturated heterocycles. The van der Waals surface area contributed by atoms with Crippen molar-refractivity contribution in [3.63, 3.8) is 0 Å². The van der Waals surface area contributed by atoms with Gasteiger partial charge in [-0.25, -0.2) is 8.42 Å². The van der Waals surface area contributed by atoms with Crippen LogP contribution in [0.25, 0.3) is 10.8 Å². The maximum atomic E-state index is 12.4. The van der Waals surface area contributed by atoms with Crippen LogP contribution in [0.15, 0.2) is 66.7 Å². The number of ether oxygens (including phenoxy) is 1. The molecule has 158 valence electrons. The Morgan fingerprint density at radius 2 is 1.70 bits per heavy atom. The molecule has 0 aliphatic carbocycles. The van der Waals surface area contributed by atoms with Gasteiger partial charge < -0.3 is 10.1 Å². The zero-order chi connectivity index (χ0) is 21.6. The number of amides is 1. The Bertz CT molecular complexity index is 1120. The molecule has 0 unspecified atom stereocenters. The normalized spacial score (nSPS) is 11.3. The zero-order valence-corrected chi connectivity index (χ0v) is 18.0. The van der Waals surface area contributed by atoms with Gasteiger partial charge in [0.1, 0.15) is 18.9 Å². The molecule has 3 aromatic carbocycles. The minimum atomic E-state index is -3.60. The van der Waals surface area contributed by atoms with Crippen molar-refractivity contribution in [1.29, 1.82) is 0 Å². The van der Waals surface area contributed by atoms with E-state index in [9.17, 15) is 13.2 Å². The van der Waals surface area contributed by atoms with E-state index < -0.39 is 10.0 Å². The number of sulfonamides is 1. The largest absolute Gasteiger partial charge is 0.491 e. The summed E-state index contributed by atoms with van der Waals surface area (Å²) in [7, 11) is -3.60. The lowest BCUT2D eigenvalue weighted by atomic mass is 10.1. The van der Waals surface area contributed by atoms with Crippen molar-refractivity contribution >= 4 is 32.4 Å². The number of carbonyl (C=O) groups excluding carboxylic acids is 1. The Labute approximate surface area is 177 Å². The van der Waals surface area contributed by atoms with Crippen LogP contribution in [-0.4, -0.2) is 40.3 Å². The van der Waals surface area contributed by atoms with Crippen LogP contribution >= 0.6 is 0 Å². The number of aryl methyl sites for hydroxylation is 1. The van der Waals surface area contributed by atoms with Gasteiger partial charge in [-0.2, -0.15) is 0 Å². The quantitative estimate of drug-likeness (QED) is 0.533. The molecule has 0 atom stereocenters. The molecule has 7 heteroatoms. The van der Waals surface area contributed by atoms with Crippen LogP contribution in [-0.2, 0) is 21.2 Å². The van der Waals surface area contributed by atoms with Gasteiger partial charge in [-0.3, -0.25) is 9.10 Å². The predicted molar refractivity (Wildman–Crippen MR) is 120 cm³/mol. The van der Waals surface area contributed by atoms with Crippen LogP contribution in [0, 0.1) is 0 Å². The Morgan fingerprint density at radius 1 is 1.00 bits per heavy atom. The molecule has 0 heterocycles. The SMILES string of the molecule is CCc1ccccc1N(CC(=O)NCCOc1cccc2ccccc12)S(C)(=O)=O. The zero-order valence-electron chi connectivity index (χ0n) is 17.2. The number of carbonyl (C=O) groups is 1. The number of benzene rings is 3. The van der Waals surface area contributed by atoms with Crippen molar-refractivity contribution in [3.8, 4) is 5.75 Å². The van der Waals surface area contributed by atoms with E-state index in [-0.39, 0.29) is 25.6 Å². The fourth-order valence-corrected chi connectivity index (χ4v) is 4.18. The molecule has 3 rings (SSSR count). The van der Waals surface area contributed by atoms with E-state index in [0.717, 1.165) is 32.6 Å². The molecule has 1 N–H and O–H groups in total. The molecule has 30 heavy (non-hydrogen) atoms. The summed E-state index contributed by atoms with van der Waals surface area (Å²) in [5.74, 6) is 0.366. The highest BCUT2D eigenvalue weighted by Crippen LogP contribution is 2.25. The average Bonchev–Trinajstić information content (AvgIpc) is 2.74. The van der Waals surface area contributed by atoms with Gasteiger partial charge in [0.05, 0.1) is 18.5 Å². The standard InChI is InChI=1S/C23H26N2O4S/c1-3-18-9-5-7-13-21(18)25(30(2,27)28)17-23(26)24-15-16-29-22-14-8-11-19-10-4-6-12-20(19)22/h4-14H,3,15-17H2,1-2H3,(H,24,26). The number of hydrogen-bond acceptors (Lipinski definition) is 4. The second-order valence-corrected chi connectivity index (χ2v) is 8.83. The Kier molecular flexibility index (Phi) is 6.95. The fraction of sp³-hybridized carbons (Fsp3) is 0.261. The molecule has 0 aliphatic rings. The van der Waals surface area contributed by atoms with E-state index in [0.29, 0.717) is 12.1 Å². The number of nitrogens with one attached hydrogen (secondary N) is 1. The van der Waals surface area contributed by atoms with E-state index in [2.05, 4.69) is 5.32 Å². The third kappa shape index (κ3) is 5.30. The summed E-state index contributed by atoms with van der Waals surface area (Å²) >= 11 is 0. The number of nitrogens with zero attached hydrogens (tertiary/aromatic N) is 1. The minimum absolute atomic E-state index is 0.273. The van der Waals surface area contributed by atoms with Crippen LogP contribution in [0.2, 0.25) is 0 Å². The highest BCUT2D eigenvalue weighted by Gasteiger charge is 2.22. The summed E-state index contributed by atoms with van der Waals surface area (Å²) in [5, 5.41) is 4.83. The lowest BCUT2D eigenvalue weighted by Gasteiger charge is -2.24. The summed E-state index contributed by atoms with van der Waals surface area (Å²) in [4.78, 5) is 12.4. The Balaban J connectivity index is 1.60. The highest BCUT2D eigenvalue weighted by molar-refractivity contribution is 7.92. The van der Waals surface area contributed by atoms with Gasteiger partial charge in [-0.05, 0) is 29.5 Å². The number of anilines is 1. The summed E-state index contributed by atoms with van der Waals surface area (Å²) in [5.41, 5.74) is 1.40. The second kappa shape index (κ2) is 9.63. The van der Waals surface area contributed by atoms with Crippen molar-refractivity contribution in [1.82, 2.24) is 5.32 Å². The summed E-state index contributed by atoms with van der Waals surface area (Å²) in [6.45, 7) is 2.23. The number of rotatable bonds is 9. The van der Waals surface area contributed by atoms with Crippen molar-refractivity contribution in [2.45, 2.75) is 13.3 Å². The first-order valence-corrected chi connectivity index (χ1v) is 11.7.